The second-order valence-electron chi connectivity index (χ2n) is 23.0. The van der Waals surface area contributed by atoms with E-state index in [4.69, 9.17) is 61.1 Å². The summed E-state index contributed by atoms with van der Waals surface area (Å²) in [4.78, 5) is 110. The summed E-state index contributed by atoms with van der Waals surface area (Å²) in [5.41, 5.74) is -1.62. The second kappa shape index (κ2) is 37.2. The van der Waals surface area contributed by atoms with Crippen LogP contribution in [0.15, 0.2) is 24.1 Å². The van der Waals surface area contributed by atoms with Crippen LogP contribution in [0.1, 0.15) is 127 Å². The molecule has 1 aliphatic rings. The van der Waals surface area contributed by atoms with Gasteiger partial charge in [-0.2, -0.15) is 11.8 Å². The first kappa shape index (κ1) is 78.1. The number of carbonyl (C=O) groups excluding carboxylic acids is 8. The number of aliphatic hydroxyl groups is 2. The van der Waals surface area contributed by atoms with Crippen LogP contribution in [-0.2, 0) is 52.5 Å². The average molecular weight is 1350 g/mol. The van der Waals surface area contributed by atoms with Gasteiger partial charge in [0.1, 0.15) is 59.9 Å². The van der Waals surface area contributed by atoms with Crippen molar-refractivity contribution in [1.29, 1.82) is 0 Å². The zero-order valence-electron chi connectivity index (χ0n) is 52.6. The lowest BCUT2D eigenvalue weighted by Crippen LogP contribution is -2.61. The molecule has 0 spiro atoms. The number of aliphatic hydroxyl groups excluding tert-OH is 1. The van der Waals surface area contributed by atoms with E-state index in [0.29, 0.717) is 38.5 Å². The Morgan fingerprint density at radius 3 is 1.83 bits per heavy atom. The van der Waals surface area contributed by atoms with Gasteiger partial charge < -0.3 is 74.0 Å². The Kier molecular flexibility index (Phi) is 33.4. The molecular formula is C56H93N14O10S7+. The van der Waals surface area contributed by atoms with Crippen LogP contribution in [0.4, 0.5) is 0 Å². The van der Waals surface area contributed by atoms with E-state index in [1.165, 1.54) is 32.4 Å². The first-order valence-electron chi connectivity index (χ1n) is 28.8. The number of nitrogens with one attached hydrogen (secondary N) is 12. The van der Waals surface area contributed by atoms with Gasteiger partial charge in [0.25, 0.3) is 5.91 Å². The predicted molar refractivity (Wildman–Crippen MR) is 362 cm³/mol. The molecule has 0 aromatic carbocycles. The van der Waals surface area contributed by atoms with Crippen molar-refractivity contribution in [1.82, 2.24) is 68.4 Å². The standard InChI is InChI=1S/C56H92N14O10S7/c1-17-29(6)41-49(78)58-31(8)44(73)63-37(22-27(2)3)46(75)67-42(43(72)39-24-69(14)26-70(39)15)48(77)57-19-21-87-25-38(47(76)66-41)64-45(74)32(9)59-50(81)33(10)60-51(82)34(11)61-52(83)35(12)62-53(84)36(18-20-86-16)65-54(85)40(28(4)5)68-55(79)56(13,80)23-30(7)71/h19,21,24,26-29,31-38,40-43,72,80H,17-18,20,22-23,25H2,1-16H3,(H11-,57,58,59,60,61,62,63,64,65,66,67,68,73,74,75,76,77,78,79,81,82,83,84,85)/p+1/b21-19-/t29-,31-,32-,33-,34-,35-,36-,37-,38-,40-,41-,42-,43?,56?/m0/s1. The van der Waals surface area contributed by atoms with Gasteiger partial charge in [0, 0.05) is 18.4 Å². The topological polar surface area (TPSA) is 330 Å². The summed E-state index contributed by atoms with van der Waals surface area (Å²) in [7, 11) is 3.39. The lowest BCUT2D eigenvalue weighted by atomic mass is 9.96. The van der Waals surface area contributed by atoms with E-state index in [9.17, 15) is 48.6 Å². The van der Waals surface area contributed by atoms with Crippen molar-refractivity contribution >= 4 is 157 Å². The highest BCUT2D eigenvalue weighted by Gasteiger charge is 2.39. The molecule has 14 atom stereocenters. The Labute approximate surface area is 547 Å². The maximum absolute atomic E-state index is 14.3. The molecule has 87 heavy (non-hydrogen) atoms. The summed E-state index contributed by atoms with van der Waals surface area (Å²) >= 11 is 31.6. The van der Waals surface area contributed by atoms with E-state index < -0.39 is 125 Å². The van der Waals surface area contributed by atoms with E-state index in [1.54, 1.807) is 75.2 Å². The van der Waals surface area contributed by atoms with E-state index in [2.05, 4.69) is 63.8 Å². The molecule has 0 radical (unpaired) electrons. The van der Waals surface area contributed by atoms with E-state index in [0.717, 1.165) is 17.5 Å². The number of nitrogens with zero attached hydrogens (tertiary/aromatic N) is 2. The highest BCUT2D eigenvalue weighted by atomic mass is 32.2. The number of thioether (sulfide) groups is 2. The fourth-order valence-corrected chi connectivity index (χ4v) is 11.3. The van der Waals surface area contributed by atoms with Gasteiger partial charge in [0.2, 0.25) is 41.8 Å². The number of hydrogen-bond acceptors (Lipinski definition) is 17. The minimum Gasteiger partial charge on any atom is -0.382 e. The summed E-state index contributed by atoms with van der Waals surface area (Å²) in [6.07, 6.45) is 5.74. The molecule has 0 saturated carbocycles. The number of imidazole rings is 1. The van der Waals surface area contributed by atoms with E-state index >= 15 is 0 Å². The minimum absolute atomic E-state index is 0.104. The van der Waals surface area contributed by atoms with E-state index in [1.807, 2.05) is 47.8 Å². The van der Waals surface area contributed by atoms with Gasteiger partial charge in [-0.15, -0.1) is 11.8 Å². The van der Waals surface area contributed by atoms with Crippen LogP contribution in [0, 0.1) is 17.8 Å². The third-order valence-corrected chi connectivity index (χ3v) is 17.7. The van der Waals surface area contributed by atoms with Gasteiger partial charge in [0.05, 0.1) is 69.2 Å². The fraction of sp³-hybridized carbons (Fsp3) is 0.679. The third kappa shape index (κ3) is 25.8. The Morgan fingerprint density at radius 1 is 0.770 bits per heavy atom. The molecule has 0 saturated heterocycles. The van der Waals surface area contributed by atoms with Crippen LogP contribution in [0.25, 0.3) is 0 Å². The maximum atomic E-state index is 14.3. The molecule has 2 rings (SSSR count). The van der Waals surface area contributed by atoms with Crippen LogP contribution in [-0.4, -0.2) is 177 Å². The molecule has 0 fully saturated rings. The van der Waals surface area contributed by atoms with Gasteiger partial charge in [0.15, 0.2) is 5.69 Å². The summed E-state index contributed by atoms with van der Waals surface area (Å²) in [6.45, 7) is 21.9. The summed E-state index contributed by atoms with van der Waals surface area (Å²) < 4.78 is 3.26. The fourth-order valence-electron chi connectivity index (χ4n) is 8.63. The number of carbonyl (C=O) groups is 8. The molecule has 2 unspecified atom stereocenters. The number of hydrogen-bond donors (Lipinski definition) is 14. The van der Waals surface area contributed by atoms with Crippen molar-refractivity contribution in [2.75, 3.05) is 17.8 Å². The van der Waals surface area contributed by atoms with Crippen molar-refractivity contribution in [3.05, 3.63) is 29.8 Å². The van der Waals surface area contributed by atoms with Crippen molar-refractivity contribution in [2.45, 2.75) is 194 Å². The largest absolute Gasteiger partial charge is 0.382 e. The molecule has 7 amide bonds. The lowest BCUT2D eigenvalue weighted by molar-refractivity contribution is -0.671. The molecular weight excluding hydrogens is 1250 g/mol. The van der Waals surface area contributed by atoms with Crippen LogP contribution in [0.3, 0.4) is 0 Å². The highest BCUT2D eigenvalue weighted by Crippen LogP contribution is 2.19. The molecule has 1 aromatic rings. The van der Waals surface area contributed by atoms with Crippen LogP contribution < -0.4 is 68.4 Å². The van der Waals surface area contributed by atoms with Crippen LogP contribution in [0.2, 0.25) is 0 Å². The third-order valence-electron chi connectivity index (χ3n) is 14.0. The maximum Gasteiger partial charge on any atom is 0.252 e. The lowest BCUT2D eigenvalue weighted by Gasteiger charge is -2.32. The van der Waals surface area contributed by atoms with Crippen molar-refractivity contribution in [2.24, 2.45) is 31.8 Å². The van der Waals surface area contributed by atoms with Gasteiger partial charge in [-0.25, -0.2) is 9.13 Å². The smallest absolute Gasteiger partial charge is 0.252 e. The van der Waals surface area contributed by atoms with Crippen molar-refractivity contribution < 1.29 is 53.1 Å². The number of Topliss-reactive ketones (excluding diaryl/α,β-unsaturated/α-hetero) is 1. The zero-order valence-corrected chi connectivity index (χ0v) is 58.3. The molecule has 2 heterocycles. The van der Waals surface area contributed by atoms with Crippen LogP contribution in [0.5, 0.6) is 0 Å². The summed E-state index contributed by atoms with van der Waals surface area (Å²) in [6, 6.07) is -10.1. The Hall–Kier alpha value is -5.02. The number of rotatable bonds is 26. The molecule has 31 heteroatoms. The molecule has 0 aliphatic carbocycles. The van der Waals surface area contributed by atoms with E-state index in [-0.39, 0.29) is 41.2 Å². The highest BCUT2D eigenvalue weighted by molar-refractivity contribution is 8.02. The number of thiocarbonyl (C=S) groups is 5. The normalized spacial score (nSPS) is 22.0. The van der Waals surface area contributed by atoms with Gasteiger partial charge in [-0.05, 0) is 96.5 Å². The molecule has 0 bridgehead atoms. The summed E-state index contributed by atoms with van der Waals surface area (Å²) in [5, 5.41) is 58.7. The predicted octanol–water partition coefficient (Wildman–Crippen LogP) is 0.885. The SMILES string of the molecule is CC[C@H](C)[C@@H]1NC(=O)[C@@H](NC(=O)[C@H](C)NC(=S)[C@H](C)NC(=S)[C@H](C)NC(=S)[C@H](C)NC(=S)[C@H](CCSC)NC(=S)[C@@H](NC(=O)C(C)(O)CC(C)=O)C(C)C)CS/C=C\NC(=O)[C@H](C(O)c2c[n+](C)cn2C)NC(=O)[C@H](CC(C)C)NC(=O)[C@H](C)NC1=O. The van der Waals surface area contributed by atoms with Crippen molar-refractivity contribution in [3.8, 4) is 0 Å². The second-order valence-corrected chi connectivity index (χ2v) is 27.1. The van der Waals surface area contributed by atoms with Gasteiger partial charge >= 0.3 is 0 Å². The Bertz CT molecular complexity index is 2680. The first-order chi connectivity index (χ1) is 40.5. The average Bonchev–Trinajstić information content (AvgIpc) is 2.68. The Morgan fingerprint density at radius 2 is 1.32 bits per heavy atom. The quantitative estimate of drug-likeness (QED) is 0.0452. The number of aromatic nitrogens is 2. The molecule has 24 nitrogen and oxygen atoms in total. The number of ketones is 1. The van der Waals surface area contributed by atoms with Crippen molar-refractivity contribution in [3.63, 3.8) is 0 Å². The number of aryl methyl sites for hydroxylation is 2. The molecule has 1 aromatic heterocycles. The molecule has 14 N–H and O–H groups in total. The zero-order chi connectivity index (χ0) is 66.4. The monoisotopic (exact) mass is 1350 g/mol. The van der Waals surface area contributed by atoms with Gasteiger partial charge in [-0.3, -0.25) is 38.4 Å². The van der Waals surface area contributed by atoms with Gasteiger partial charge in [-0.1, -0.05) is 109 Å². The first-order valence-corrected chi connectivity index (χ1v) is 33.3. The minimum atomic E-state index is -1.92. The summed E-state index contributed by atoms with van der Waals surface area (Å²) in [5.74, 6) is -5.48. The Balaban J connectivity index is 2.26. The molecule has 1 aliphatic heterocycles. The molecule has 488 valence electrons. The number of amides is 7. The van der Waals surface area contributed by atoms with Crippen LogP contribution >= 0.6 is 84.6 Å².